The van der Waals surface area contributed by atoms with Crippen molar-refractivity contribution in [3.05, 3.63) is 78.1 Å². The van der Waals surface area contributed by atoms with E-state index in [-0.39, 0.29) is 11.8 Å². The van der Waals surface area contributed by atoms with Crippen LogP contribution in [0.1, 0.15) is 20.7 Å². The summed E-state index contributed by atoms with van der Waals surface area (Å²) in [5.74, 6) is 0.135. The quantitative estimate of drug-likeness (QED) is 0.685. The molecule has 0 atom stereocenters. The summed E-state index contributed by atoms with van der Waals surface area (Å²) in [5.41, 5.74) is 1.75. The second-order valence-electron chi connectivity index (χ2n) is 5.77. The normalized spacial score (nSPS) is 10.1. The van der Waals surface area contributed by atoms with Crippen molar-refractivity contribution in [3.63, 3.8) is 0 Å². The van der Waals surface area contributed by atoms with E-state index in [2.05, 4.69) is 15.6 Å². The number of carbonyl (C=O) groups is 2. The van der Waals surface area contributed by atoms with Crippen LogP contribution in [0, 0.1) is 0 Å². The van der Waals surface area contributed by atoms with Crippen molar-refractivity contribution < 1.29 is 19.1 Å². The van der Waals surface area contributed by atoms with Crippen molar-refractivity contribution in [1.29, 1.82) is 0 Å². The van der Waals surface area contributed by atoms with Gasteiger partial charge in [0.25, 0.3) is 11.8 Å². The van der Waals surface area contributed by atoms with Crippen molar-refractivity contribution in [2.45, 2.75) is 0 Å². The maximum atomic E-state index is 12.4. The Balaban J connectivity index is 1.87. The summed E-state index contributed by atoms with van der Waals surface area (Å²) >= 11 is 0. The molecular weight excluding hydrogens is 358 g/mol. The van der Waals surface area contributed by atoms with E-state index in [1.165, 1.54) is 20.4 Å². The summed E-state index contributed by atoms with van der Waals surface area (Å²) in [5, 5.41) is 5.57. The fraction of sp³-hybridized carbons (Fsp3) is 0.0952. The Bertz CT molecular complexity index is 894. The first-order valence-electron chi connectivity index (χ1n) is 8.46. The van der Waals surface area contributed by atoms with Crippen molar-refractivity contribution in [3.8, 4) is 11.5 Å². The van der Waals surface area contributed by atoms with Gasteiger partial charge in [-0.15, -0.1) is 0 Å². The Labute approximate surface area is 162 Å². The third-order valence-electron chi connectivity index (χ3n) is 3.98. The van der Waals surface area contributed by atoms with E-state index in [0.29, 0.717) is 34.0 Å². The van der Waals surface area contributed by atoms with Crippen LogP contribution in [0.3, 0.4) is 0 Å². The Kier molecular flexibility index (Phi) is 5.86. The first kappa shape index (κ1) is 18.9. The van der Waals surface area contributed by atoms with Crippen LogP contribution >= 0.6 is 0 Å². The number of nitrogens with zero attached hydrogens (tertiary/aromatic N) is 1. The summed E-state index contributed by atoms with van der Waals surface area (Å²) in [4.78, 5) is 28.8. The number of aromatic nitrogens is 1. The smallest absolute Gasteiger partial charge is 0.257 e. The second kappa shape index (κ2) is 8.68. The van der Waals surface area contributed by atoms with Crippen LogP contribution < -0.4 is 20.1 Å². The number of rotatable bonds is 6. The van der Waals surface area contributed by atoms with Gasteiger partial charge < -0.3 is 20.1 Å². The Morgan fingerprint density at radius 1 is 0.786 bits per heavy atom. The molecule has 0 fully saturated rings. The molecule has 1 aromatic heterocycles. The molecule has 0 saturated carbocycles. The molecular formula is C21H19N3O4. The number of pyridine rings is 1. The summed E-state index contributed by atoms with van der Waals surface area (Å²) in [6.45, 7) is 0. The maximum Gasteiger partial charge on any atom is 0.257 e. The van der Waals surface area contributed by atoms with Crippen LogP contribution in [-0.4, -0.2) is 31.0 Å². The molecule has 0 aliphatic rings. The van der Waals surface area contributed by atoms with E-state index in [1.807, 2.05) is 6.07 Å². The molecule has 0 aliphatic carbocycles. The molecule has 2 N–H and O–H groups in total. The summed E-state index contributed by atoms with van der Waals surface area (Å²) in [7, 11) is 2.96. The minimum absolute atomic E-state index is 0.284. The van der Waals surface area contributed by atoms with Crippen molar-refractivity contribution in [1.82, 2.24) is 4.98 Å². The number of methoxy groups -OCH3 is 2. The highest BCUT2D eigenvalue weighted by atomic mass is 16.5. The molecule has 0 bridgehead atoms. The Morgan fingerprint density at radius 3 is 1.82 bits per heavy atom. The number of hydrogen-bond donors (Lipinski definition) is 2. The summed E-state index contributed by atoms with van der Waals surface area (Å²) < 4.78 is 10.7. The van der Waals surface area contributed by atoms with Gasteiger partial charge in [0.15, 0.2) is 0 Å². The van der Waals surface area contributed by atoms with E-state index in [9.17, 15) is 9.59 Å². The molecule has 7 nitrogen and oxygen atoms in total. The predicted molar refractivity (Wildman–Crippen MR) is 106 cm³/mol. The molecule has 3 aromatic rings. The lowest BCUT2D eigenvalue weighted by molar-refractivity contribution is 0.101. The van der Waals surface area contributed by atoms with Gasteiger partial charge >= 0.3 is 0 Å². The third-order valence-corrected chi connectivity index (χ3v) is 3.98. The van der Waals surface area contributed by atoms with Crippen molar-refractivity contribution in [2.75, 3.05) is 24.9 Å². The standard InChI is InChI=1S/C21H19N3O4/c1-27-18-12-17(24-21(26)15-9-6-10-22-13-15)19(28-2)11-16(18)23-20(25)14-7-4-3-5-8-14/h3-13H,1-2H3,(H,23,25)(H,24,26). The zero-order valence-electron chi connectivity index (χ0n) is 15.4. The fourth-order valence-electron chi connectivity index (χ4n) is 2.57. The van der Waals surface area contributed by atoms with Gasteiger partial charge in [0, 0.05) is 30.1 Å². The van der Waals surface area contributed by atoms with Gasteiger partial charge in [0.05, 0.1) is 31.2 Å². The van der Waals surface area contributed by atoms with Gasteiger partial charge in [-0.1, -0.05) is 18.2 Å². The molecule has 0 spiro atoms. The topological polar surface area (TPSA) is 89.6 Å². The minimum Gasteiger partial charge on any atom is -0.494 e. The number of anilines is 2. The molecule has 3 rings (SSSR count). The molecule has 2 aromatic carbocycles. The lowest BCUT2D eigenvalue weighted by Gasteiger charge is -2.16. The van der Waals surface area contributed by atoms with Crippen LogP contribution in [0.2, 0.25) is 0 Å². The SMILES string of the molecule is COc1cc(NC(=O)c2cccnc2)c(OC)cc1NC(=O)c1ccccc1. The molecule has 0 radical (unpaired) electrons. The van der Waals surface area contributed by atoms with Gasteiger partial charge in [-0.2, -0.15) is 0 Å². The lowest BCUT2D eigenvalue weighted by atomic mass is 10.2. The average molecular weight is 377 g/mol. The van der Waals surface area contributed by atoms with E-state index in [1.54, 1.807) is 54.7 Å². The molecule has 0 saturated heterocycles. The first-order valence-corrected chi connectivity index (χ1v) is 8.46. The summed E-state index contributed by atoms with van der Waals surface area (Å²) in [6.07, 6.45) is 3.05. The fourth-order valence-corrected chi connectivity index (χ4v) is 2.57. The molecule has 28 heavy (non-hydrogen) atoms. The number of benzene rings is 2. The molecule has 2 amide bonds. The molecule has 142 valence electrons. The van der Waals surface area contributed by atoms with Gasteiger partial charge in [-0.05, 0) is 24.3 Å². The Morgan fingerprint density at radius 2 is 1.32 bits per heavy atom. The average Bonchev–Trinajstić information content (AvgIpc) is 2.75. The minimum atomic E-state index is -0.338. The monoisotopic (exact) mass is 377 g/mol. The van der Waals surface area contributed by atoms with Gasteiger partial charge in [-0.3, -0.25) is 14.6 Å². The zero-order chi connectivity index (χ0) is 19.9. The van der Waals surface area contributed by atoms with Crippen LogP contribution in [0.25, 0.3) is 0 Å². The van der Waals surface area contributed by atoms with Gasteiger partial charge in [-0.25, -0.2) is 0 Å². The van der Waals surface area contributed by atoms with Gasteiger partial charge in [0.1, 0.15) is 11.5 Å². The number of carbonyl (C=O) groups excluding carboxylic acids is 2. The number of hydrogen-bond acceptors (Lipinski definition) is 5. The van der Waals surface area contributed by atoms with E-state index < -0.39 is 0 Å². The number of nitrogens with one attached hydrogen (secondary N) is 2. The highest BCUT2D eigenvalue weighted by molar-refractivity contribution is 6.07. The van der Waals surface area contributed by atoms with Gasteiger partial charge in [0.2, 0.25) is 0 Å². The van der Waals surface area contributed by atoms with Crippen molar-refractivity contribution in [2.24, 2.45) is 0 Å². The highest BCUT2D eigenvalue weighted by Gasteiger charge is 2.16. The molecule has 0 aliphatic heterocycles. The van der Waals surface area contributed by atoms with E-state index >= 15 is 0 Å². The van der Waals surface area contributed by atoms with Crippen LogP contribution in [0.15, 0.2) is 67.0 Å². The van der Waals surface area contributed by atoms with E-state index in [0.717, 1.165) is 0 Å². The maximum absolute atomic E-state index is 12.4. The largest absolute Gasteiger partial charge is 0.494 e. The number of amides is 2. The lowest BCUT2D eigenvalue weighted by Crippen LogP contribution is -2.15. The predicted octanol–water partition coefficient (Wildman–Crippen LogP) is 3.60. The molecule has 1 heterocycles. The first-order chi connectivity index (χ1) is 13.6. The highest BCUT2D eigenvalue weighted by Crippen LogP contribution is 2.36. The van der Waals surface area contributed by atoms with Crippen molar-refractivity contribution >= 4 is 23.2 Å². The van der Waals surface area contributed by atoms with Crippen LogP contribution in [0.4, 0.5) is 11.4 Å². The third kappa shape index (κ3) is 4.27. The zero-order valence-corrected chi connectivity index (χ0v) is 15.4. The molecule has 7 heteroatoms. The molecule has 0 unspecified atom stereocenters. The van der Waals surface area contributed by atoms with E-state index in [4.69, 9.17) is 9.47 Å². The number of ether oxygens (including phenoxy) is 2. The second-order valence-corrected chi connectivity index (χ2v) is 5.77. The van der Waals surface area contributed by atoms with Crippen LogP contribution in [0.5, 0.6) is 11.5 Å². The van der Waals surface area contributed by atoms with Crippen LogP contribution in [-0.2, 0) is 0 Å². The summed E-state index contributed by atoms with van der Waals surface area (Å²) in [6, 6.07) is 15.3. The Hall–Kier alpha value is -3.87.